The summed E-state index contributed by atoms with van der Waals surface area (Å²) in [5, 5.41) is 7.57. The highest BCUT2D eigenvalue weighted by Crippen LogP contribution is 2.23. The lowest BCUT2D eigenvalue weighted by atomic mass is 9.95. The number of amides is 1. The zero-order chi connectivity index (χ0) is 17.6. The van der Waals surface area contributed by atoms with E-state index in [0.717, 1.165) is 12.8 Å². The lowest BCUT2D eigenvalue weighted by Crippen LogP contribution is -2.92. The van der Waals surface area contributed by atoms with Crippen LogP contribution < -0.4 is 10.6 Å². The van der Waals surface area contributed by atoms with E-state index in [1.807, 2.05) is 6.92 Å². The van der Waals surface area contributed by atoms with E-state index in [-0.39, 0.29) is 18.0 Å². The Balaban J connectivity index is 1.69. The fourth-order valence-electron chi connectivity index (χ4n) is 3.57. The Morgan fingerprint density at radius 2 is 1.88 bits per heavy atom. The molecule has 3 N–H and O–H groups in total. The van der Waals surface area contributed by atoms with E-state index in [4.69, 9.17) is 0 Å². The molecule has 25 heavy (non-hydrogen) atoms. The number of nitrogens with one attached hydrogen (secondary N) is 1. The van der Waals surface area contributed by atoms with Gasteiger partial charge in [-0.1, -0.05) is 55.2 Å². The molecule has 2 aromatic rings. The minimum atomic E-state index is -0.102. The number of carbonyl (C=O) groups excluding carboxylic acids is 1. The highest BCUT2D eigenvalue weighted by atomic mass is 32.1. The van der Waals surface area contributed by atoms with Crippen LogP contribution in [0.5, 0.6) is 0 Å². The van der Waals surface area contributed by atoms with Gasteiger partial charge in [0.2, 0.25) is 0 Å². The van der Waals surface area contributed by atoms with Gasteiger partial charge < -0.3 is 10.6 Å². The minimum Gasteiger partial charge on any atom is -0.348 e. The van der Waals surface area contributed by atoms with Crippen LogP contribution >= 0.6 is 11.3 Å². The average molecular weight is 358 g/mol. The van der Waals surface area contributed by atoms with Crippen LogP contribution in [0.3, 0.4) is 0 Å². The van der Waals surface area contributed by atoms with Gasteiger partial charge in [0.1, 0.15) is 6.04 Å². The standard InChI is InChI=1S/C21H28N2OS/c1-15-10-12-17(13-11-15)20(19-9-6-14-25-19)22-16(2)21(24)23-18-7-4-3-5-8-18/h6,9-14,16,18,20,22H,3-5,7-8H2,1-2H3,(H,23,24)/p+1/t16-,20+/m0/s1. The maximum Gasteiger partial charge on any atom is 0.278 e. The van der Waals surface area contributed by atoms with Crippen LogP contribution in [0.15, 0.2) is 41.8 Å². The van der Waals surface area contributed by atoms with Gasteiger partial charge in [0.05, 0.1) is 4.88 Å². The lowest BCUT2D eigenvalue weighted by molar-refractivity contribution is -0.704. The van der Waals surface area contributed by atoms with Gasteiger partial charge >= 0.3 is 0 Å². The summed E-state index contributed by atoms with van der Waals surface area (Å²) in [7, 11) is 0. The Labute approximate surface area is 154 Å². The number of benzene rings is 1. The number of rotatable bonds is 6. The first kappa shape index (κ1) is 18.2. The Bertz CT molecular complexity index is 660. The molecule has 1 aliphatic carbocycles. The van der Waals surface area contributed by atoms with Gasteiger partial charge in [-0.3, -0.25) is 4.79 Å². The molecular formula is C21H29N2OS+. The van der Waals surface area contributed by atoms with Crippen molar-refractivity contribution in [2.45, 2.75) is 64.1 Å². The van der Waals surface area contributed by atoms with Crippen LogP contribution in [-0.2, 0) is 4.79 Å². The number of carbonyl (C=O) groups is 1. The average Bonchev–Trinajstić information content (AvgIpc) is 3.15. The number of hydrogen-bond donors (Lipinski definition) is 2. The van der Waals surface area contributed by atoms with Crippen LogP contribution in [0.2, 0.25) is 0 Å². The molecule has 0 radical (unpaired) electrons. The molecule has 0 saturated heterocycles. The topological polar surface area (TPSA) is 45.7 Å². The third kappa shape index (κ3) is 4.93. The summed E-state index contributed by atoms with van der Waals surface area (Å²) >= 11 is 1.76. The molecule has 4 heteroatoms. The minimum absolute atomic E-state index is 0.102. The number of thiophene rings is 1. The predicted octanol–water partition coefficient (Wildman–Crippen LogP) is 3.55. The van der Waals surface area contributed by atoms with Crippen molar-refractivity contribution in [3.63, 3.8) is 0 Å². The van der Waals surface area contributed by atoms with E-state index in [9.17, 15) is 4.79 Å². The highest BCUT2D eigenvalue weighted by molar-refractivity contribution is 7.10. The molecule has 0 unspecified atom stereocenters. The summed E-state index contributed by atoms with van der Waals surface area (Å²) in [6, 6.07) is 13.4. The Hall–Kier alpha value is -1.65. The second kappa shape index (κ2) is 8.63. The third-order valence-electron chi connectivity index (χ3n) is 5.13. The fraction of sp³-hybridized carbons (Fsp3) is 0.476. The van der Waals surface area contributed by atoms with Gasteiger partial charge in [-0.2, -0.15) is 0 Å². The van der Waals surface area contributed by atoms with Gasteiger partial charge in [-0.15, -0.1) is 11.3 Å². The molecule has 1 saturated carbocycles. The SMILES string of the molecule is Cc1ccc([C@@H]([NH2+][C@@H](C)C(=O)NC2CCCCC2)c2cccs2)cc1. The highest BCUT2D eigenvalue weighted by Gasteiger charge is 2.27. The Kier molecular flexibility index (Phi) is 6.27. The van der Waals surface area contributed by atoms with Crippen molar-refractivity contribution in [2.24, 2.45) is 0 Å². The molecule has 1 aliphatic rings. The Morgan fingerprint density at radius 3 is 2.52 bits per heavy atom. The van der Waals surface area contributed by atoms with E-state index in [1.165, 1.54) is 35.3 Å². The lowest BCUT2D eigenvalue weighted by Gasteiger charge is -2.25. The van der Waals surface area contributed by atoms with Crippen LogP contribution in [0, 0.1) is 6.92 Å². The molecule has 0 aliphatic heterocycles. The van der Waals surface area contributed by atoms with Crippen LogP contribution in [0.25, 0.3) is 0 Å². The first-order chi connectivity index (χ1) is 12.1. The molecule has 0 spiro atoms. The van der Waals surface area contributed by atoms with Crippen molar-refractivity contribution in [1.29, 1.82) is 0 Å². The second-order valence-corrected chi connectivity index (χ2v) is 8.21. The van der Waals surface area contributed by atoms with Crippen molar-refractivity contribution in [3.8, 4) is 0 Å². The normalized spacial score (nSPS) is 17.8. The van der Waals surface area contributed by atoms with E-state index >= 15 is 0 Å². The molecule has 3 nitrogen and oxygen atoms in total. The molecular weight excluding hydrogens is 328 g/mol. The molecule has 2 atom stereocenters. The van der Waals surface area contributed by atoms with Gasteiger partial charge in [-0.05, 0) is 38.1 Å². The number of quaternary nitrogens is 1. The quantitative estimate of drug-likeness (QED) is 0.816. The number of hydrogen-bond acceptors (Lipinski definition) is 2. The maximum atomic E-state index is 12.7. The molecule has 1 fully saturated rings. The third-order valence-corrected chi connectivity index (χ3v) is 6.09. The van der Waals surface area contributed by atoms with Gasteiger partial charge in [-0.25, -0.2) is 0 Å². The summed E-state index contributed by atoms with van der Waals surface area (Å²) in [5.41, 5.74) is 2.52. The molecule has 0 bridgehead atoms. The molecule has 134 valence electrons. The van der Waals surface area contributed by atoms with Crippen LogP contribution in [0.4, 0.5) is 0 Å². The zero-order valence-corrected chi connectivity index (χ0v) is 16.0. The van der Waals surface area contributed by atoms with Crippen molar-refractivity contribution < 1.29 is 10.1 Å². The summed E-state index contributed by atoms with van der Waals surface area (Å²) < 4.78 is 0. The molecule has 1 aromatic heterocycles. The van der Waals surface area contributed by atoms with Crippen molar-refractivity contribution in [1.82, 2.24) is 5.32 Å². The number of nitrogens with two attached hydrogens (primary N) is 1. The molecule has 3 rings (SSSR count). The van der Waals surface area contributed by atoms with Gasteiger partial charge in [0.15, 0.2) is 6.04 Å². The van der Waals surface area contributed by atoms with E-state index in [2.05, 4.69) is 59.3 Å². The smallest absolute Gasteiger partial charge is 0.278 e. The predicted molar refractivity (Wildman–Crippen MR) is 104 cm³/mol. The van der Waals surface area contributed by atoms with E-state index < -0.39 is 0 Å². The zero-order valence-electron chi connectivity index (χ0n) is 15.2. The van der Waals surface area contributed by atoms with Gasteiger partial charge in [0, 0.05) is 11.6 Å². The fourth-order valence-corrected chi connectivity index (χ4v) is 4.40. The van der Waals surface area contributed by atoms with E-state index in [0.29, 0.717) is 6.04 Å². The second-order valence-electron chi connectivity index (χ2n) is 7.23. The van der Waals surface area contributed by atoms with Gasteiger partial charge in [0.25, 0.3) is 5.91 Å². The van der Waals surface area contributed by atoms with Crippen molar-refractivity contribution >= 4 is 17.2 Å². The van der Waals surface area contributed by atoms with Crippen LogP contribution in [-0.4, -0.2) is 18.0 Å². The number of aryl methyl sites for hydroxylation is 1. The van der Waals surface area contributed by atoms with E-state index in [1.54, 1.807) is 11.3 Å². The molecule has 1 amide bonds. The molecule has 1 heterocycles. The summed E-state index contributed by atoms with van der Waals surface area (Å²) in [6.07, 6.45) is 6.05. The monoisotopic (exact) mass is 357 g/mol. The first-order valence-corrected chi connectivity index (χ1v) is 10.3. The van der Waals surface area contributed by atoms with Crippen molar-refractivity contribution in [2.75, 3.05) is 0 Å². The van der Waals surface area contributed by atoms with Crippen molar-refractivity contribution in [3.05, 3.63) is 57.8 Å². The largest absolute Gasteiger partial charge is 0.348 e. The summed E-state index contributed by atoms with van der Waals surface area (Å²) in [6.45, 7) is 4.13. The Morgan fingerprint density at radius 1 is 1.16 bits per heavy atom. The maximum absolute atomic E-state index is 12.7. The summed E-state index contributed by atoms with van der Waals surface area (Å²) in [4.78, 5) is 14.0. The first-order valence-electron chi connectivity index (χ1n) is 9.39. The molecule has 1 aromatic carbocycles. The van der Waals surface area contributed by atoms with Crippen LogP contribution in [0.1, 0.15) is 61.1 Å². The summed E-state index contributed by atoms with van der Waals surface area (Å²) in [5.74, 6) is 0.167.